The predicted octanol–water partition coefficient (Wildman–Crippen LogP) is 3.41. The number of benzene rings is 1. The highest BCUT2D eigenvalue weighted by Gasteiger charge is 2.06. The summed E-state index contributed by atoms with van der Waals surface area (Å²) in [5.74, 6) is 0.931. The Labute approximate surface area is 119 Å². The van der Waals surface area contributed by atoms with Gasteiger partial charge in [0.05, 0.1) is 0 Å². The highest BCUT2D eigenvalue weighted by molar-refractivity contribution is 6.30. The third-order valence-electron chi connectivity index (χ3n) is 2.91. The van der Waals surface area contributed by atoms with Crippen LogP contribution in [0.25, 0.3) is 0 Å². The molecule has 100 valence electrons. The SMILES string of the molecule is CNc1ncccc1CN(C)Cc1cccc(Cl)c1. The lowest BCUT2D eigenvalue weighted by Gasteiger charge is -2.18. The number of nitrogens with one attached hydrogen (secondary N) is 1. The lowest BCUT2D eigenvalue weighted by atomic mass is 10.2. The maximum absolute atomic E-state index is 6.00. The van der Waals surface area contributed by atoms with Crippen LogP contribution < -0.4 is 5.32 Å². The summed E-state index contributed by atoms with van der Waals surface area (Å²) in [4.78, 5) is 6.55. The van der Waals surface area contributed by atoms with Crippen LogP contribution in [0.4, 0.5) is 5.82 Å². The Morgan fingerprint density at radius 3 is 2.79 bits per heavy atom. The van der Waals surface area contributed by atoms with Gasteiger partial charge in [-0.25, -0.2) is 4.98 Å². The van der Waals surface area contributed by atoms with Gasteiger partial charge < -0.3 is 5.32 Å². The maximum Gasteiger partial charge on any atom is 0.130 e. The molecule has 0 bridgehead atoms. The number of rotatable bonds is 5. The number of halogens is 1. The van der Waals surface area contributed by atoms with Gasteiger partial charge in [0.2, 0.25) is 0 Å². The van der Waals surface area contributed by atoms with E-state index >= 15 is 0 Å². The first kappa shape index (κ1) is 13.8. The van der Waals surface area contributed by atoms with Gasteiger partial charge >= 0.3 is 0 Å². The van der Waals surface area contributed by atoms with Gasteiger partial charge in [0.1, 0.15) is 5.82 Å². The van der Waals surface area contributed by atoms with Crippen molar-refractivity contribution in [2.75, 3.05) is 19.4 Å². The molecule has 1 heterocycles. The summed E-state index contributed by atoms with van der Waals surface area (Å²) in [7, 11) is 3.98. The summed E-state index contributed by atoms with van der Waals surface area (Å²) >= 11 is 6.00. The van der Waals surface area contributed by atoms with Gasteiger partial charge in [-0.15, -0.1) is 0 Å². The van der Waals surface area contributed by atoms with E-state index < -0.39 is 0 Å². The summed E-state index contributed by atoms with van der Waals surface area (Å²) in [5.41, 5.74) is 2.40. The topological polar surface area (TPSA) is 28.2 Å². The summed E-state index contributed by atoms with van der Waals surface area (Å²) in [6.07, 6.45) is 1.80. The minimum atomic E-state index is 0.781. The summed E-state index contributed by atoms with van der Waals surface area (Å²) in [6.45, 7) is 1.70. The number of aromatic nitrogens is 1. The number of anilines is 1. The first-order chi connectivity index (χ1) is 9.19. The lowest BCUT2D eigenvalue weighted by molar-refractivity contribution is 0.319. The molecule has 0 saturated heterocycles. The molecule has 0 spiro atoms. The maximum atomic E-state index is 6.00. The normalized spacial score (nSPS) is 10.7. The van der Waals surface area contributed by atoms with Crippen molar-refractivity contribution in [1.29, 1.82) is 0 Å². The largest absolute Gasteiger partial charge is 0.373 e. The molecule has 0 radical (unpaired) electrons. The number of hydrogen-bond acceptors (Lipinski definition) is 3. The molecule has 0 aliphatic carbocycles. The zero-order valence-electron chi connectivity index (χ0n) is 11.2. The molecule has 0 unspecified atom stereocenters. The smallest absolute Gasteiger partial charge is 0.130 e. The van der Waals surface area contributed by atoms with E-state index in [-0.39, 0.29) is 0 Å². The van der Waals surface area contributed by atoms with E-state index in [0.717, 1.165) is 23.9 Å². The Morgan fingerprint density at radius 1 is 1.21 bits per heavy atom. The highest BCUT2D eigenvalue weighted by Crippen LogP contribution is 2.16. The zero-order valence-corrected chi connectivity index (χ0v) is 12.0. The molecule has 4 heteroatoms. The standard InChI is InChI=1S/C15H18ClN3/c1-17-15-13(6-4-8-18-15)11-19(2)10-12-5-3-7-14(16)9-12/h3-9H,10-11H2,1-2H3,(H,17,18). The van der Waals surface area contributed by atoms with Gasteiger partial charge in [0.25, 0.3) is 0 Å². The number of nitrogens with zero attached hydrogens (tertiary/aromatic N) is 2. The van der Waals surface area contributed by atoms with Crippen molar-refractivity contribution in [2.24, 2.45) is 0 Å². The molecule has 1 aromatic carbocycles. The summed E-state index contributed by atoms with van der Waals surface area (Å²) in [5, 5.41) is 3.90. The van der Waals surface area contributed by atoms with Crippen molar-refractivity contribution in [2.45, 2.75) is 13.1 Å². The van der Waals surface area contributed by atoms with E-state index in [1.807, 2.05) is 31.3 Å². The van der Waals surface area contributed by atoms with Crippen molar-refractivity contribution in [3.63, 3.8) is 0 Å². The van der Waals surface area contributed by atoms with Gasteiger partial charge in [-0.1, -0.05) is 29.8 Å². The molecule has 1 N–H and O–H groups in total. The van der Waals surface area contributed by atoms with Crippen LogP contribution in [0, 0.1) is 0 Å². The summed E-state index contributed by atoms with van der Waals surface area (Å²) in [6, 6.07) is 12.0. The van der Waals surface area contributed by atoms with Crippen LogP contribution in [-0.2, 0) is 13.1 Å². The van der Waals surface area contributed by atoms with Crippen LogP contribution in [0.5, 0.6) is 0 Å². The number of pyridine rings is 1. The summed E-state index contributed by atoms with van der Waals surface area (Å²) < 4.78 is 0. The minimum absolute atomic E-state index is 0.781. The van der Waals surface area contributed by atoms with E-state index in [1.165, 1.54) is 11.1 Å². The van der Waals surface area contributed by atoms with Crippen LogP contribution in [0.15, 0.2) is 42.6 Å². The molecule has 0 aliphatic rings. The molecular weight excluding hydrogens is 258 g/mol. The molecular formula is C15H18ClN3. The number of hydrogen-bond donors (Lipinski definition) is 1. The van der Waals surface area contributed by atoms with Crippen molar-refractivity contribution in [3.05, 3.63) is 58.7 Å². The molecule has 0 amide bonds. The van der Waals surface area contributed by atoms with Crippen LogP contribution in [0.2, 0.25) is 5.02 Å². The van der Waals surface area contributed by atoms with Crippen molar-refractivity contribution >= 4 is 17.4 Å². The van der Waals surface area contributed by atoms with Crippen molar-refractivity contribution < 1.29 is 0 Å². The molecule has 1 aromatic heterocycles. The van der Waals surface area contributed by atoms with Gasteiger partial charge in [0.15, 0.2) is 0 Å². The Hall–Kier alpha value is -1.58. The van der Waals surface area contributed by atoms with Crippen LogP contribution in [0.1, 0.15) is 11.1 Å². The Bertz CT molecular complexity index is 542. The van der Waals surface area contributed by atoms with Gasteiger partial charge in [-0.05, 0) is 30.8 Å². The molecule has 0 saturated carbocycles. The van der Waals surface area contributed by atoms with E-state index in [0.29, 0.717) is 0 Å². The lowest BCUT2D eigenvalue weighted by Crippen LogP contribution is -2.18. The van der Waals surface area contributed by atoms with Gasteiger partial charge in [-0.3, -0.25) is 4.90 Å². The molecule has 2 aromatic rings. The molecule has 0 atom stereocenters. The van der Waals surface area contributed by atoms with Crippen LogP contribution in [-0.4, -0.2) is 24.0 Å². The van der Waals surface area contributed by atoms with Gasteiger partial charge in [0, 0.05) is 36.9 Å². The quantitative estimate of drug-likeness (QED) is 0.906. The molecule has 19 heavy (non-hydrogen) atoms. The van der Waals surface area contributed by atoms with Crippen LogP contribution >= 0.6 is 11.6 Å². The van der Waals surface area contributed by atoms with E-state index in [1.54, 1.807) is 6.20 Å². The van der Waals surface area contributed by atoms with Crippen LogP contribution in [0.3, 0.4) is 0 Å². The minimum Gasteiger partial charge on any atom is -0.373 e. The fourth-order valence-corrected chi connectivity index (χ4v) is 2.30. The average Bonchev–Trinajstić information content (AvgIpc) is 2.39. The monoisotopic (exact) mass is 275 g/mol. The Kier molecular flexibility index (Phi) is 4.77. The third-order valence-corrected chi connectivity index (χ3v) is 3.14. The van der Waals surface area contributed by atoms with E-state index in [2.05, 4.69) is 34.4 Å². The van der Waals surface area contributed by atoms with E-state index in [4.69, 9.17) is 11.6 Å². The second kappa shape index (κ2) is 6.55. The van der Waals surface area contributed by atoms with E-state index in [9.17, 15) is 0 Å². The third kappa shape index (κ3) is 3.94. The zero-order chi connectivity index (χ0) is 13.7. The predicted molar refractivity (Wildman–Crippen MR) is 80.4 cm³/mol. The fraction of sp³-hybridized carbons (Fsp3) is 0.267. The first-order valence-electron chi connectivity index (χ1n) is 6.23. The second-order valence-electron chi connectivity index (χ2n) is 4.56. The highest BCUT2D eigenvalue weighted by atomic mass is 35.5. The molecule has 3 nitrogen and oxygen atoms in total. The van der Waals surface area contributed by atoms with Crippen molar-refractivity contribution in [3.8, 4) is 0 Å². The average molecular weight is 276 g/mol. The second-order valence-corrected chi connectivity index (χ2v) is 5.00. The molecule has 2 rings (SSSR count). The fourth-order valence-electron chi connectivity index (χ4n) is 2.08. The molecule has 0 aliphatic heterocycles. The Morgan fingerprint density at radius 2 is 2.05 bits per heavy atom. The van der Waals surface area contributed by atoms with Crippen molar-refractivity contribution in [1.82, 2.24) is 9.88 Å². The molecule has 0 fully saturated rings. The Balaban J connectivity index is 2.03. The first-order valence-corrected chi connectivity index (χ1v) is 6.61. The van der Waals surface area contributed by atoms with Gasteiger partial charge in [-0.2, -0.15) is 0 Å².